The van der Waals surface area contributed by atoms with E-state index < -0.39 is 158 Å². The molecule has 4 saturated heterocycles. The van der Waals surface area contributed by atoms with Gasteiger partial charge >= 0.3 is 5.97 Å². The van der Waals surface area contributed by atoms with Crippen LogP contribution in [0.4, 0.5) is 0 Å². The van der Waals surface area contributed by atoms with Gasteiger partial charge < -0.3 is 109 Å². The number of fused-ring (bicyclic) bond motifs is 7. The second kappa shape index (κ2) is 20.7. The zero-order chi connectivity index (χ0) is 54.9. The Balaban J connectivity index is 0.958. The van der Waals surface area contributed by atoms with Crippen LogP contribution in [0.5, 0.6) is 0 Å². The molecule has 430 valence electrons. The number of rotatable bonds is 11. The number of hydrogen-bond donors (Lipinski definition) is 14. The van der Waals surface area contributed by atoms with Gasteiger partial charge in [-0.1, -0.05) is 60.1 Å². The summed E-state index contributed by atoms with van der Waals surface area (Å²) in [7, 11) is 0. The van der Waals surface area contributed by atoms with E-state index in [1.54, 1.807) is 0 Å². The van der Waals surface area contributed by atoms with Crippen molar-refractivity contribution in [2.24, 2.45) is 50.2 Å². The molecule has 0 aromatic carbocycles. The van der Waals surface area contributed by atoms with Crippen molar-refractivity contribution in [1.29, 1.82) is 0 Å². The average Bonchev–Trinajstić information content (AvgIpc) is 3.38. The lowest BCUT2D eigenvalue weighted by atomic mass is 9.33. The first-order valence-corrected chi connectivity index (χ1v) is 26.8. The fourth-order valence-corrected chi connectivity index (χ4v) is 16.2. The van der Waals surface area contributed by atoms with Gasteiger partial charge in [-0.3, -0.25) is 0 Å². The van der Waals surface area contributed by atoms with Gasteiger partial charge in [0.2, 0.25) is 0 Å². The molecule has 5 aliphatic carbocycles. The van der Waals surface area contributed by atoms with Crippen LogP contribution in [0.2, 0.25) is 0 Å². The number of carbonyl (C=O) groups is 1. The van der Waals surface area contributed by atoms with Gasteiger partial charge in [0.05, 0.1) is 44.7 Å². The van der Waals surface area contributed by atoms with Gasteiger partial charge in [-0.05, 0) is 90.8 Å². The number of hydrogen-bond acceptors (Lipinski definition) is 22. The lowest BCUT2D eigenvalue weighted by Gasteiger charge is -2.72. The van der Waals surface area contributed by atoms with Crippen LogP contribution in [-0.4, -0.2) is 233 Å². The molecule has 4 heterocycles. The Kier molecular flexibility index (Phi) is 16.0. The monoisotopic (exact) mass is 1080 g/mol. The molecule has 14 N–H and O–H groups in total. The Morgan fingerprint density at radius 1 is 0.613 bits per heavy atom. The van der Waals surface area contributed by atoms with E-state index in [1.165, 1.54) is 5.57 Å². The lowest BCUT2D eigenvalue weighted by Crippen LogP contribution is -2.69. The molecule has 4 saturated carbocycles. The predicted molar refractivity (Wildman–Crippen MR) is 254 cm³/mol. The summed E-state index contributed by atoms with van der Waals surface area (Å²) >= 11 is 0. The van der Waals surface area contributed by atoms with Crippen LogP contribution in [0.3, 0.4) is 0 Å². The second-order valence-electron chi connectivity index (χ2n) is 25.5. The summed E-state index contributed by atoms with van der Waals surface area (Å²) < 4.78 is 47.9. The summed E-state index contributed by atoms with van der Waals surface area (Å²) in [6.07, 6.45) is -25.1. The van der Waals surface area contributed by atoms with Gasteiger partial charge in [-0.15, -0.1) is 0 Å². The average molecular weight is 1080 g/mol. The van der Waals surface area contributed by atoms with Gasteiger partial charge in [0, 0.05) is 10.8 Å². The van der Waals surface area contributed by atoms with Crippen molar-refractivity contribution in [3.8, 4) is 0 Å². The number of aliphatic hydroxyl groups is 13. The fourth-order valence-electron chi connectivity index (χ4n) is 16.2. The van der Waals surface area contributed by atoms with Crippen LogP contribution in [-0.2, 0) is 42.7 Å². The Morgan fingerprint density at radius 3 is 1.91 bits per heavy atom. The smallest absolute Gasteiger partial charge is 0.335 e. The van der Waals surface area contributed by atoms with E-state index >= 15 is 0 Å². The predicted octanol–water partition coefficient (Wildman–Crippen LogP) is -2.25. The van der Waals surface area contributed by atoms with Crippen LogP contribution in [0.1, 0.15) is 99.8 Å². The second-order valence-corrected chi connectivity index (χ2v) is 25.5. The minimum Gasteiger partial charge on any atom is -0.479 e. The SMILES string of the molecule is CC1(C)CC2C3=CCC4[C@@]5(C)CCC(O[C@@H]6O[C@H](C(=O)O)[C@@H](O)[C@H](O)[C@H]6O[C@@H]6O[C@H](CO)[C@H](O)[C@H](O)[C@H]6O)[C@](C)(CO)C5CC[C@@]4(C)C3(C)CC[C@@]2(C)[C@H](O[C@@H]2OC[C@H](O)[C@H](O[C@@H]3OC[C@@H](O)[C@H](O)[C@H]3O)[C@H]2O)[C@@H]1O. The molecule has 5 unspecified atom stereocenters. The summed E-state index contributed by atoms with van der Waals surface area (Å²) in [5.74, 6) is -1.72. The van der Waals surface area contributed by atoms with Crippen molar-refractivity contribution in [1.82, 2.24) is 0 Å². The molecule has 23 heteroatoms. The largest absolute Gasteiger partial charge is 0.479 e. The normalized spacial score (nSPS) is 55.9. The Morgan fingerprint density at radius 2 is 1.25 bits per heavy atom. The minimum absolute atomic E-state index is 0.0796. The van der Waals surface area contributed by atoms with E-state index in [0.717, 1.165) is 12.8 Å². The van der Waals surface area contributed by atoms with Crippen molar-refractivity contribution in [3.05, 3.63) is 11.6 Å². The van der Waals surface area contributed by atoms with Gasteiger partial charge in [-0.2, -0.15) is 0 Å². The minimum atomic E-state index is -2.03. The standard InChI is InChI=1S/C52H84O23/c1-47(2)16-22-21-8-9-27-49(4)12-11-28(71-46-39(33(61)32(60)38(73-46)42(66)67)74-45-35(63)31(59)30(58)25(17-53)70-45)50(5,20-54)26(49)10-13-52(27,7)51(21,6)15-14-48(22,3)41(40(47)65)75-44-36(64)37(24(56)19-69-44)72-43-34(62)29(57)23(55)18-68-43/h8,22-41,43-46,53-65H,9-20H2,1-7H3,(H,66,67)/t22?,23-,24+,25-,26?,27?,28?,29+,30+,31+,32+,33+,34-,35-,36-,37+,38+,39-,40+,41-,43+,44+,45+,46-,48-,49+,50-,51?,52-/m1/s1. The van der Waals surface area contributed by atoms with E-state index in [1.807, 2.05) is 20.8 Å². The van der Waals surface area contributed by atoms with Crippen LogP contribution in [0.15, 0.2) is 11.6 Å². The highest BCUT2D eigenvalue weighted by atomic mass is 16.8. The molecule has 8 fully saturated rings. The number of aliphatic carboxylic acids is 1. The van der Waals surface area contributed by atoms with Gasteiger partial charge in [0.15, 0.2) is 31.3 Å². The highest BCUT2D eigenvalue weighted by Crippen LogP contribution is 2.76. The third-order valence-corrected chi connectivity index (χ3v) is 21.1. The topological polar surface area (TPSA) is 374 Å². The molecule has 0 aromatic rings. The van der Waals surface area contributed by atoms with E-state index in [0.29, 0.717) is 38.5 Å². The maximum Gasteiger partial charge on any atom is 0.335 e. The van der Waals surface area contributed by atoms with Crippen LogP contribution in [0, 0.1) is 50.2 Å². The Labute approximate surface area is 436 Å². The molecule has 9 aliphatic rings. The Hall–Kier alpha value is -1.63. The molecule has 75 heavy (non-hydrogen) atoms. The van der Waals surface area contributed by atoms with Crippen molar-refractivity contribution >= 4 is 5.97 Å². The maximum absolute atomic E-state index is 12.4. The zero-order valence-corrected chi connectivity index (χ0v) is 43.9. The molecule has 0 amide bonds. The van der Waals surface area contributed by atoms with Crippen LogP contribution < -0.4 is 0 Å². The number of carboxylic acid groups (broad SMARTS) is 1. The molecule has 29 atom stereocenters. The van der Waals surface area contributed by atoms with E-state index in [-0.39, 0.29) is 53.8 Å². The summed E-state index contributed by atoms with van der Waals surface area (Å²) in [6, 6.07) is 0. The molecule has 0 bridgehead atoms. The summed E-state index contributed by atoms with van der Waals surface area (Å²) in [6.45, 7) is 13.3. The van der Waals surface area contributed by atoms with E-state index in [2.05, 4.69) is 33.8 Å². The fraction of sp³-hybridized carbons (Fsp3) is 0.942. The Bertz CT molecular complexity index is 2080. The zero-order valence-electron chi connectivity index (χ0n) is 43.9. The lowest BCUT2D eigenvalue weighted by molar-refractivity contribution is -0.375. The van der Waals surface area contributed by atoms with Gasteiger partial charge in [0.1, 0.15) is 79.4 Å². The number of allylic oxidation sites excluding steroid dienone is 2. The first-order chi connectivity index (χ1) is 35.0. The third-order valence-electron chi connectivity index (χ3n) is 21.1. The molecule has 9 rings (SSSR count). The van der Waals surface area contributed by atoms with E-state index in [9.17, 15) is 76.3 Å². The highest BCUT2D eigenvalue weighted by molar-refractivity contribution is 5.73. The third kappa shape index (κ3) is 9.20. The number of ether oxygens (including phenoxy) is 8. The summed E-state index contributed by atoms with van der Waals surface area (Å²) in [4.78, 5) is 12.4. The van der Waals surface area contributed by atoms with Gasteiger partial charge in [-0.25, -0.2) is 4.79 Å². The van der Waals surface area contributed by atoms with Crippen molar-refractivity contribution in [2.75, 3.05) is 26.4 Å². The van der Waals surface area contributed by atoms with Gasteiger partial charge in [0.25, 0.3) is 0 Å². The van der Waals surface area contributed by atoms with E-state index in [4.69, 9.17) is 37.9 Å². The highest BCUT2D eigenvalue weighted by Gasteiger charge is 2.71. The summed E-state index contributed by atoms with van der Waals surface area (Å²) in [5.41, 5.74) is -2.02. The van der Waals surface area contributed by atoms with Crippen LogP contribution in [0.25, 0.3) is 0 Å². The van der Waals surface area contributed by atoms with Crippen molar-refractivity contribution < 1.29 is 114 Å². The summed E-state index contributed by atoms with van der Waals surface area (Å²) in [5, 5.41) is 151. The molecule has 23 nitrogen and oxygen atoms in total. The number of aliphatic hydroxyl groups excluding tert-OH is 13. The van der Waals surface area contributed by atoms with Crippen LogP contribution >= 0.6 is 0 Å². The maximum atomic E-state index is 12.4. The molecule has 0 aromatic heterocycles. The van der Waals surface area contributed by atoms with Crippen molar-refractivity contribution in [3.63, 3.8) is 0 Å². The first kappa shape index (κ1) is 58.0. The molecule has 0 spiro atoms. The number of carboxylic acids is 1. The molecular weight excluding hydrogens is 993 g/mol. The van der Waals surface area contributed by atoms with Crippen molar-refractivity contribution in [2.45, 2.75) is 229 Å². The first-order valence-electron chi connectivity index (χ1n) is 26.8. The molecule has 4 aliphatic heterocycles. The molecule has 0 radical (unpaired) electrons. The molecular formula is C52H84O23. The quantitative estimate of drug-likeness (QED) is 0.0768.